The Hall–Kier alpha value is -6.44. The maximum atomic E-state index is 2.53. The molecule has 11 rings (SSSR count). The Morgan fingerprint density at radius 3 is 1.52 bits per heavy atom. The molecule has 1 heteroatoms. The van der Waals surface area contributed by atoms with Crippen LogP contribution in [0, 0.1) is 0 Å². The van der Waals surface area contributed by atoms with Gasteiger partial charge in [0.1, 0.15) is 0 Å². The molecule has 8 aromatic rings. The van der Waals surface area contributed by atoms with E-state index in [1.54, 1.807) is 0 Å². The molecule has 54 heavy (non-hydrogen) atoms. The molecule has 0 atom stereocenters. The summed E-state index contributed by atoms with van der Waals surface area (Å²) in [4.78, 5) is 2.49. The predicted molar refractivity (Wildman–Crippen MR) is 224 cm³/mol. The van der Waals surface area contributed by atoms with Gasteiger partial charge in [-0.25, -0.2) is 0 Å². The van der Waals surface area contributed by atoms with Crippen molar-refractivity contribution in [3.05, 3.63) is 233 Å². The highest BCUT2D eigenvalue weighted by Crippen LogP contribution is 2.60. The van der Waals surface area contributed by atoms with Crippen LogP contribution >= 0.6 is 0 Å². The molecule has 0 heterocycles. The van der Waals surface area contributed by atoms with Crippen LogP contribution in [-0.4, -0.2) is 0 Å². The van der Waals surface area contributed by atoms with Crippen molar-refractivity contribution in [3.63, 3.8) is 0 Å². The van der Waals surface area contributed by atoms with Crippen molar-refractivity contribution >= 4 is 17.1 Å². The zero-order valence-corrected chi connectivity index (χ0v) is 30.2. The third-order valence-corrected chi connectivity index (χ3v) is 12.3. The van der Waals surface area contributed by atoms with Crippen LogP contribution in [0.15, 0.2) is 188 Å². The second kappa shape index (κ2) is 12.3. The van der Waals surface area contributed by atoms with Gasteiger partial charge in [0.15, 0.2) is 0 Å². The van der Waals surface area contributed by atoms with E-state index in [2.05, 4.69) is 193 Å². The molecule has 256 valence electrons. The van der Waals surface area contributed by atoms with Crippen molar-refractivity contribution in [3.8, 4) is 33.4 Å². The fourth-order valence-electron chi connectivity index (χ4n) is 9.46. The average molecular weight is 690 g/mol. The zero-order valence-electron chi connectivity index (χ0n) is 30.2. The van der Waals surface area contributed by atoms with E-state index in [-0.39, 0.29) is 0 Å². The van der Waals surface area contributed by atoms with Crippen LogP contribution in [0.5, 0.6) is 0 Å². The maximum Gasteiger partial charge on any atom is 0.0714 e. The maximum absolute atomic E-state index is 2.53. The molecule has 0 radical (unpaired) electrons. The lowest BCUT2D eigenvalue weighted by molar-refractivity contribution is 0.740. The minimum atomic E-state index is -0.439. The van der Waals surface area contributed by atoms with E-state index >= 15 is 0 Å². The summed E-state index contributed by atoms with van der Waals surface area (Å²) < 4.78 is 0. The van der Waals surface area contributed by atoms with E-state index in [9.17, 15) is 0 Å². The monoisotopic (exact) mass is 689 g/mol. The van der Waals surface area contributed by atoms with E-state index < -0.39 is 5.41 Å². The molecular formula is C53H39N. The molecule has 0 fully saturated rings. The fourth-order valence-corrected chi connectivity index (χ4v) is 9.46. The van der Waals surface area contributed by atoms with Gasteiger partial charge in [-0.3, -0.25) is 0 Å². The molecular weight excluding hydrogens is 651 g/mol. The number of hydrogen-bond donors (Lipinski definition) is 0. The number of benzene rings is 8. The second-order valence-electron chi connectivity index (χ2n) is 15.1. The lowest BCUT2D eigenvalue weighted by atomic mass is 9.65. The Kier molecular flexibility index (Phi) is 7.10. The van der Waals surface area contributed by atoms with Crippen LogP contribution in [0.3, 0.4) is 0 Å². The summed E-state index contributed by atoms with van der Waals surface area (Å²) in [6.45, 7) is 0. The van der Waals surface area contributed by atoms with Gasteiger partial charge < -0.3 is 4.90 Å². The Bertz CT molecular complexity index is 2650. The number of nitrogens with zero attached hydrogens (tertiary/aromatic N) is 1. The van der Waals surface area contributed by atoms with Crippen molar-refractivity contribution in [2.24, 2.45) is 0 Å². The Morgan fingerprint density at radius 2 is 0.889 bits per heavy atom. The number of aryl methyl sites for hydroxylation is 4. The van der Waals surface area contributed by atoms with Gasteiger partial charge in [0, 0.05) is 16.9 Å². The van der Waals surface area contributed by atoms with Crippen molar-refractivity contribution in [1.82, 2.24) is 0 Å². The smallest absolute Gasteiger partial charge is 0.0714 e. The van der Waals surface area contributed by atoms with Gasteiger partial charge in [-0.1, -0.05) is 158 Å². The highest BCUT2D eigenvalue weighted by atomic mass is 15.1. The van der Waals surface area contributed by atoms with E-state index in [1.165, 1.54) is 96.4 Å². The number of hydrogen-bond acceptors (Lipinski definition) is 1. The van der Waals surface area contributed by atoms with E-state index in [1.807, 2.05) is 0 Å². The van der Waals surface area contributed by atoms with Crippen LogP contribution in [0.25, 0.3) is 33.4 Å². The van der Waals surface area contributed by atoms with Crippen LogP contribution in [0.4, 0.5) is 17.1 Å². The summed E-state index contributed by atoms with van der Waals surface area (Å²) in [6.07, 6.45) is 4.67. The van der Waals surface area contributed by atoms with E-state index in [4.69, 9.17) is 0 Å². The summed E-state index contributed by atoms with van der Waals surface area (Å²) in [5, 5.41) is 0. The Morgan fingerprint density at radius 1 is 0.352 bits per heavy atom. The van der Waals surface area contributed by atoms with Crippen LogP contribution in [0.2, 0.25) is 0 Å². The first kappa shape index (κ1) is 31.1. The summed E-state index contributed by atoms with van der Waals surface area (Å²) in [6, 6.07) is 70.5. The van der Waals surface area contributed by atoms with Crippen molar-refractivity contribution in [2.75, 3.05) is 4.90 Å². The van der Waals surface area contributed by atoms with Gasteiger partial charge in [0.25, 0.3) is 0 Å². The molecule has 1 nitrogen and oxygen atoms in total. The third-order valence-electron chi connectivity index (χ3n) is 12.3. The molecule has 0 aliphatic heterocycles. The number of fused-ring (bicyclic) bond motifs is 5. The van der Waals surface area contributed by atoms with Gasteiger partial charge in [0.2, 0.25) is 0 Å². The van der Waals surface area contributed by atoms with Gasteiger partial charge in [-0.05, 0) is 128 Å². The summed E-state index contributed by atoms with van der Waals surface area (Å²) in [5.41, 5.74) is 21.9. The molecule has 0 N–H and O–H groups in total. The summed E-state index contributed by atoms with van der Waals surface area (Å²) in [7, 11) is 0. The predicted octanol–water partition coefficient (Wildman–Crippen LogP) is 13.1. The third kappa shape index (κ3) is 4.71. The first-order valence-corrected chi connectivity index (χ1v) is 19.3. The molecule has 3 aliphatic carbocycles. The topological polar surface area (TPSA) is 3.24 Å². The quantitative estimate of drug-likeness (QED) is 0.161. The molecule has 0 aromatic heterocycles. The summed E-state index contributed by atoms with van der Waals surface area (Å²) in [5.74, 6) is 0. The van der Waals surface area contributed by atoms with Crippen molar-refractivity contribution < 1.29 is 0 Å². The van der Waals surface area contributed by atoms with Gasteiger partial charge in [-0.2, -0.15) is 0 Å². The second-order valence-corrected chi connectivity index (χ2v) is 15.1. The van der Waals surface area contributed by atoms with E-state index in [0.717, 1.165) is 24.2 Å². The lowest BCUT2D eigenvalue weighted by Crippen LogP contribution is -2.30. The zero-order chi connectivity index (χ0) is 35.6. The highest BCUT2D eigenvalue weighted by molar-refractivity contribution is 5.98. The van der Waals surface area contributed by atoms with Crippen LogP contribution in [0.1, 0.15) is 44.5 Å². The number of rotatable bonds is 7. The first-order valence-electron chi connectivity index (χ1n) is 19.3. The van der Waals surface area contributed by atoms with Gasteiger partial charge in [0.05, 0.1) is 11.1 Å². The highest BCUT2D eigenvalue weighted by Gasteiger charge is 2.48. The molecule has 0 saturated carbocycles. The van der Waals surface area contributed by atoms with Crippen LogP contribution in [-0.2, 0) is 31.1 Å². The van der Waals surface area contributed by atoms with E-state index in [0.29, 0.717) is 0 Å². The minimum absolute atomic E-state index is 0.439. The number of anilines is 3. The molecule has 0 saturated heterocycles. The van der Waals surface area contributed by atoms with Gasteiger partial charge in [-0.15, -0.1) is 0 Å². The molecule has 8 aromatic carbocycles. The normalized spacial score (nSPS) is 14.1. The Labute approximate surface area is 317 Å². The molecule has 3 aliphatic rings. The lowest BCUT2D eigenvalue weighted by Gasteiger charge is -2.37. The Balaban J connectivity index is 1.18. The van der Waals surface area contributed by atoms with Gasteiger partial charge >= 0.3 is 0 Å². The first-order chi connectivity index (χ1) is 26.8. The largest absolute Gasteiger partial charge is 0.310 e. The van der Waals surface area contributed by atoms with Crippen molar-refractivity contribution in [1.29, 1.82) is 0 Å². The SMILES string of the molecule is c1ccc(-c2ccc(N(c3cccc(-c4ccccc4)c3)c3cccc4c3-c3ccccc3C4(c3ccc4c(c3)CC4)c3ccc4c(c3)CC4)cc2)cc1. The standard InChI is InChI=1S/C53H39N/c1-3-11-36(12-4-1)38-27-31-46(32-28-38)54(47-16-9-15-41(35-47)37-13-5-2-6-14-37)51-20-10-19-50-52(51)48-17-7-8-18-49(48)53(50,44-29-25-39-21-23-42(39)33-44)45-30-26-40-22-24-43(40)34-45/h1-20,25-35H,21-24H2. The molecule has 0 spiro atoms. The molecule has 0 bridgehead atoms. The van der Waals surface area contributed by atoms with Crippen LogP contribution < -0.4 is 4.90 Å². The molecule has 0 unspecified atom stereocenters. The fraction of sp³-hybridized carbons (Fsp3) is 0.0943. The van der Waals surface area contributed by atoms with Crippen molar-refractivity contribution in [2.45, 2.75) is 31.1 Å². The minimum Gasteiger partial charge on any atom is -0.310 e. The molecule has 0 amide bonds. The average Bonchev–Trinajstić information content (AvgIpc) is 3.52. The summed E-state index contributed by atoms with van der Waals surface area (Å²) >= 11 is 0.